The Labute approximate surface area is 147 Å². The van der Waals surface area contributed by atoms with Crippen LogP contribution in [0.15, 0.2) is 36.4 Å². The lowest BCUT2D eigenvalue weighted by Crippen LogP contribution is -2.28. The summed E-state index contributed by atoms with van der Waals surface area (Å²) in [5.41, 5.74) is -0.510. The molecule has 1 fully saturated rings. The maximum absolute atomic E-state index is 12.7. The Bertz CT molecular complexity index is 759. The summed E-state index contributed by atoms with van der Waals surface area (Å²) in [6, 6.07) is 7.86. The van der Waals surface area contributed by atoms with E-state index >= 15 is 0 Å². The number of rotatable bonds is 4. The van der Waals surface area contributed by atoms with Gasteiger partial charge in [-0.3, -0.25) is 4.79 Å². The molecule has 0 bridgehead atoms. The average molecular weight is 366 g/mol. The lowest BCUT2D eigenvalue weighted by atomic mass is 9.99. The Balaban J connectivity index is 1.62. The number of benzene rings is 1. The summed E-state index contributed by atoms with van der Waals surface area (Å²) in [4.78, 5) is 12.1. The van der Waals surface area contributed by atoms with Crippen molar-refractivity contribution in [2.75, 3.05) is 23.8 Å². The first-order chi connectivity index (χ1) is 12.4. The van der Waals surface area contributed by atoms with Crippen LogP contribution in [-0.4, -0.2) is 29.3 Å². The molecule has 0 radical (unpaired) electrons. The monoisotopic (exact) mass is 366 g/mol. The average Bonchev–Trinajstić information content (AvgIpc) is 2.63. The van der Waals surface area contributed by atoms with Gasteiger partial charge in [0, 0.05) is 24.8 Å². The molecular weight excluding hydrogens is 349 g/mol. The summed E-state index contributed by atoms with van der Waals surface area (Å²) < 4.78 is 43.4. The molecular formula is C17H17F3N4O2. The predicted octanol–water partition coefficient (Wildman–Crippen LogP) is 3.60. The molecule has 1 saturated heterocycles. The minimum atomic E-state index is -4.42. The van der Waals surface area contributed by atoms with Crippen molar-refractivity contribution in [3.8, 4) is 0 Å². The van der Waals surface area contributed by atoms with E-state index in [0.717, 1.165) is 12.1 Å². The molecule has 138 valence electrons. The van der Waals surface area contributed by atoms with E-state index < -0.39 is 11.7 Å². The third-order valence-electron chi connectivity index (χ3n) is 3.97. The van der Waals surface area contributed by atoms with Gasteiger partial charge in [0.2, 0.25) is 5.91 Å². The third kappa shape index (κ3) is 4.69. The zero-order chi connectivity index (χ0) is 18.6. The van der Waals surface area contributed by atoms with E-state index in [1.54, 1.807) is 6.07 Å². The second-order valence-electron chi connectivity index (χ2n) is 5.88. The number of ether oxygens (including phenoxy) is 1. The van der Waals surface area contributed by atoms with Crippen molar-refractivity contribution in [1.82, 2.24) is 10.2 Å². The first-order valence-corrected chi connectivity index (χ1v) is 8.08. The van der Waals surface area contributed by atoms with Crippen LogP contribution in [0.25, 0.3) is 0 Å². The van der Waals surface area contributed by atoms with Crippen LogP contribution >= 0.6 is 0 Å². The standard InChI is InChI=1S/C17H17F3N4O2/c18-17(19,20)12-2-1-3-13(10-12)21-14-4-5-15(24-23-14)22-16(25)11-6-8-26-9-7-11/h1-5,10-11H,6-9H2,(H,21,23)(H,22,24,25). The molecule has 3 rings (SSSR count). The first kappa shape index (κ1) is 18.1. The van der Waals surface area contributed by atoms with Crippen molar-refractivity contribution in [3.63, 3.8) is 0 Å². The van der Waals surface area contributed by atoms with Crippen LogP contribution in [0.3, 0.4) is 0 Å². The topological polar surface area (TPSA) is 76.1 Å². The van der Waals surface area contributed by atoms with E-state index in [1.807, 2.05) is 0 Å². The van der Waals surface area contributed by atoms with E-state index in [2.05, 4.69) is 20.8 Å². The predicted molar refractivity (Wildman–Crippen MR) is 88.9 cm³/mol. The Kier molecular flexibility index (Phi) is 5.36. The lowest BCUT2D eigenvalue weighted by molar-refractivity contribution is -0.137. The van der Waals surface area contributed by atoms with Gasteiger partial charge in [-0.15, -0.1) is 10.2 Å². The Morgan fingerprint density at radius 1 is 1.08 bits per heavy atom. The summed E-state index contributed by atoms with van der Waals surface area (Å²) in [5, 5.41) is 13.2. The highest BCUT2D eigenvalue weighted by molar-refractivity contribution is 5.91. The van der Waals surface area contributed by atoms with Crippen LogP contribution in [-0.2, 0) is 15.7 Å². The fraction of sp³-hybridized carbons (Fsp3) is 0.353. The van der Waals surface area contributed by atoms with E-state index in [4.69, 9.17) is 4.74 Å². The minimum absolute atomic E-state index is 0.117. The quantitative estimate of drug-likeness (QED) is 0.865. The Morgan fingerprint density at radius 3 is 2.42 bits per heavy atom. The number of aromatic nitrogens is 2. The molecule has 6 nitrogen and oxygen atoms in total. The number of hydrogen-bond acceptors (Lipinski definition) is 5. The molecule has 1 aromatic carbocycles. The molecule has 0 saturated carbocycles. The molecule has 2 N–H and O–H groups in total. The molecule has 2 heterocycles. The van der Waals surface area contributed by atoms with Crippen LogP contribution in [0.2, 0.25) is 0 Å². The summed E-state index contributed by atoms with van der Waals surface area (Å²) >= 11 is 0. The molecule has 26 heavy (non-hydrogen) atoms. The number of nitrogens with zero attached hydrogens (tertiary/aromatic N) is 2. The molecule has 0 unspecified atom stereocenters. The highest BCUT2D eigenvalue weighted by atomic mass is 19.4. The van der Waals surface area contributed by atoms with Crippen molar-refractivity contribution in [1.29, 1.82) is 0 Å². The first-order valence-electron chi connectivity index (χ1n) is 8.08. The normalized spacial score (nSPS) is 15.5. The van der Waals surface area contributed by atoms with Gasteiger partial charge in [-0.2, -0.15) is 13.2 Å². The second-order valence-corrected chi connectivity index (χ2v) is 5.88. The molecule has 0 atom stereocenters. The Morgan fingerprint density at radius 2 is 1.77 bits per heavy atom. The fourth-order valence-corrected chi connectivity index (χ4v) is 2.57. The number of hydrogen-bond donors (Lipinski definition) is 2. The summed E-state index contributed by atoms with van der Waals surface area (Å²) in [5.74, 6) is 0.305. The lowest BCUT2D eigenvalue weighted by Gasteiger charge is -2.20. The largest absolute Gasteiger partial charge is 0.416 e. The van der Waals surface area contributed by atoms with Gasteiger partial charge in [0.15, 0.2) is 11.6 Å². The maximum atomic E-state index is 12.7. The van der Waals surface area contributed by atoms with Gasteiger partial charge >= 0.3 is 6.18 Å². The van der Waals surface area contributed by atoms with Crippen molar-refractivity contribution in [2.24, 2.45) is 5.92 Å². The van der Waals surface area contributed by atoms with E-state index in [1.165, 1.54) is 18.2 Å². The number of alkyl halides is 3. The highest BCUT2D eigenvalue weighted by Gasteiger charge is 2.30. The van der Waals surface area contributed by atoms with Crippen molar-refractivity contribution >= 4 is 23.2 Å². The zero-order valence-corrected chi connectivity index (χ0v) is 13.7. The second kappa shape index (κ2) is 7.69. The van der Waals surface area contributed by atoms with Crippen molar-refractivity contribution in [3.05, 3.63) is 42.0 Å². The number of amides is 1. The molecule has 1 aliphatic heterocycles. The molecule has 1 amide bonds. The molecule has 0 spiro atoms. The van der Waals surface area contributed by atoms with Gasteiger partial charge in [0.25, 0.3) is 0 Å². The number of halogens is 3. The maximum Gasteiger partial charge on any atom is 0.416 e. The van der Waals surface area contributed by atoms with Crippen LogP contribution in [0.1, 0.15) is 18.4 Å². The van der Waals surface area contributed by atoms with Gasteiger partial charge in [0.05, 0.1) is 5.56 Å². The molecule has 1 aliphatic rings. The number of nitrogens with one attached hydrogen (secondary N) is 2. The molecule has 1 aromatic heterocycles. The Hall–Kier alpha value is -2.68. The smallest absolute Gasteiger partial charge is 0.381 e. The summed E-state index contributed by atoms with van der Waals surface area (Å²) in [6.07, 6.45) is -3.09. The van der Waals surface area contributed by atoms with Gasteiger partial charge in [-0.25, -0.2) is 0 Å². The van der Waals surface area contributed by atoms with Gasteiger partial charge in [0.1, 0.15) is 0 Å². The van der Waals surface area contributed by atoms with Gasteiger partial charge in [-0.1, -0.05) is 6.07 Å². The number of carbonyl (C=O) groups is 1. The minimum Gasteiger partial charge on any atom is -0.381 e. The van der Waals surface area contributed by atoms with Gasteiger partial charge < -0.3 is 15.4 Å². The molecule has 2 aromatic rings. The van der Waals surface area contributed by atoms with Crippen molar-refractivity contribution < 1.29 is 22.7 Å². The van der Waals surface area contributed by atoms with Crippen LogP contribution in [0.4, 0.5) is 30.5 Å². The van der Waals surface area contributed by atoms with Crippen molar-refractivity contribution in [2.45, 2.75) is 19.0 Å². The van der Waals surface area contributed by atoms with Crippen LogP contribution in [0, 0.1) is 5.92 Å². The third-order valence-corrected chi connectivity index (χ3v) is 3.97. The number of anilines is 3. The molecule has 9 heteroatoms. The summed E-state index contributed by atoms with van der Waals surface area (Å²) in [6.45, 7) is 1.12. The fourth-order valence-electron chi connectivity index (χ4n) is 2.57. The number of carbonyl (C=O) groups excluding carboxylic acids is 1. The van der Waals surface area contributed by atoms with E-state index in [9.17, 15) is 18.0 Å². The van der Waals surface area contributed by atoms with E-state index in [-0.39, 0.29) is 29.1 Å². The van der Waals surface area contributed by atoms with Crippen LogP contribution in [0.5, 0.6) is 0 Å². The SMILES string of the molecule is O=C(Nc1ccc(Nc2cccc(C(F)(F)F)c2)nn1)C1CCOCC1. The van der Waals surface area contributed by atoms with Gasteiger partial charge in [-0.05, 0) is 43.2 Å². The van der Waals surface area contributed by atoms with Crippen LogP contribution < -0.4 is 10.6 Å². The molecule has 0 aliphatic carbocycles. The highest BCUT2D eigenvalue weighted by Crippen LogP contribution is 2.31. The van der Waals surface area contributed by atoms with E-state index in [0.29, 0.717) is 26.1 Å². The zero-order valence-electron chi connectivity index (χ0n) is 13.7. The summed E-state index contributed by atoms with van der Waals surface area (Å²) in [7, 11) is 0.